The highest BCUT2D eigenvalue weighted by Crippen LogP contribution is 2.41. The van der Waals surface area contributed by atoms with Crippen LogP contribution >= 0.6 is 0 Å². The van der Waals surface area contributed by atoms with E-state index in [1.54, 1.807) is 4.90 Å². The van der Waals surface area contributed by atoms with Gasteiger partial charge in [-0.05, 0) is 30.5 Å². The molecule has 4 nitrogen and oxygen atoms in total. The van der Waals surface area contributed by atoms with Gasteiger partial charge in [0.05, 0.1) is 5.41 Å². The minimum Gasteiger partial charge on any atom is -0.324 e. The summed E-state index contributed by atoms with van der Waals surface area (Å²) in [7, 11) is 1.85. The highest BCUT2D eigenvalue weighted by Gasteiger charge is 2.52. The number of hydrogen-bond acceptors (Lipinski definition) is 2. The lowest BCUT2D eigenvalue weighted by Gasteiger charge is -2.54. The summed E-state index contributed by atoms with van der Waals surface area (Å²) in [6.07, 6.45) is 1.02. The molecule has 1 fully saturated rings. The van der Waals surface area contributed by atoms with Gasteiger partial charge in [0, 0.05) is 24.6 Å². The van der Waals surface area contributed by atoms with Crippen LogP contribution in [0, 0.1) is 10.8 Å². The zero-order valence-corrected chi connectivity index (χ0v) is 18.2. The molecule has 0 aromatic heterocycles. The van der Waals surface area contributed by atoms with E-state index in [0.29, 0.717) is 24.9 Å². The maximum Gasteiger partial charge on any atom is 0.255 e. The van der Waals surface area contributed by atoms with Crippen LogP contribution in [-0.4, -0.2) is 41.4 Å². The van der Waals surface area contributed by atoms with Gasteiger partial charge >= 0.3 is 0 Å². The fourth-order valence-electron chi connectivity index (χ4n) is 4.66. The third kappa shape index (κ3) is 4.07. The van der Waals surface area contributed by atoms with Gasteiger partial charge in [0.15, 0.2) is 0 Å². The Bertz CT molecular complexity index is 857. The lowest BCUT2D eigenvalue weighted by molar-refractivity contribution is -0.163. The summed E-state index contributed by atoms with van der Waals surface area (Å²) >= 11 is 0. The maximum absolute atomic E-state index is 13.6. The van der Waals surface area contributed by atoms with E-state index in [1.165, 1.54) is 0 Å². The summed E-state index contributed by atoms with van der Waals surface area (Å²) in [5, 5.41) is 0. The first-order valence-corrected chi connectivity index (χ1v) is 10.4. The highest BCUT2D eigenvalue weighted by atomic mass is 16.2. The van der Waals surface area contributed by atoms with Crippen molar-refractivity contribution in [3.05, 3.63) is 71.8 Å². The second kappa shape index (κ2) is 8.02. The molecule has 0 saturated carbocycles. The third-order valence-corrected chi connectivity index (χ3v) is 6.03. The van der Waals surface area contributed by atoms with Crippen molar-refractivity contribution in [2.24, 2.45) is 10.8 Å². The summed E-state index contributed by atoms with van der Waals surface area (Å²) in [5.41, 5.74) is 0.899. The van der Waals surface area contributed by atoms with Crippen molar-refractivity contribution in [1.82, 2.24) is 9.80 Å². The quantitative estimate of drug-likeness (QED) is 0.762. The van der Waals surface area contributed by atoms with Gasteiger partial charge in [-0.15, -0.1) is 0 Å². The van der Waals surface area contributed by atoms with Crippen LogP contribution in [0.1, 0.15) is 50.0 Å². The smallest absolute Gasteiger partial charge is 0.255 e. The molecule has 2 atom stereocenters. The zero-order valence-electron chi connectivity index (χ0n) is 18.2. The number of carbonyl (C=O) groups is 2. The summed E-state index contributed by atoms with van der Waals surface area (Å²) in [4.78, 5) is 30.9. The van der Waals surface area contributed by atoms with Gasteiger partial charge in [-0.1, -0.05) is 76.2 Å². The standard InChI is InChI=1S/C25H32N2O2/c1-6-25(17-19-13-9-7-10-14-19)18-27(21(28)20-15-11-8-12-16-20)22(24(2,3)4)26(5)23(25)29/h7-16,22H,6,17-18H2,1-5H3/t22-,25-/m0/s1. The van der Waals surface area contributed by atoms with Crippen molar-refractivity contribution in [1.29, 1.82) is 0 Å². The molecular weight excluding hydrogens is 360 g/mol. The Hall–Kier alpha value is -2.62. The van der Waals surface area contributed by atoms with Crippen molar-refractivity contribution in [3.8, 4) is 0 Å². The Morgan fingerprint density at radius 3 is 2.10 bits per heavy atom. The molecule has 3 rings (SSSR count). The van der Waals surface area contributed by atoms with E-state index in [2.05, 4.69) is 39.8 Å². The molecule has 0 aliphatic carbocycles. The Kier molecular flexibility index (Phi) is 5.83. The van der Waals surface area contributed by atoms with Crippen LogP contribution in [0.3, 0.4) is 0 Å². The van der Waals surface area contributed by atoms with Crippen LogP contribution in [0.4, 0.5) is 0 Å². The van der Waals surface area contributed by atoms with E-state index in [-0.39, 0.29) is 23.4 Å². The molecule has 154 valence electrons. The predicted octanol–water partition coefficient (Wildman–Crippen LogP) is 4.61. The lowest BCUT2D eigenvalue weighted by atomic mass is 9.73. The molecule has 2 aromatic rings. The molecule has 2 aromatic carbocycles. The Balaban J connectivity index is 2.05. The SMILES string of the molecule is CC[C@]1(Cc2ccccc2)CN(C(=O)c2ccccc2)[C@@H](C(C)(C)C)N(C)C1=O. The molecule has 0 unspecified atom stereocenters. The van der Waals surface area contributed by atoms with Gasteiger partial charge in [-0.25, -0.2) is 0 Å². The molecule has 0 radical (unpaired) electrons. The Morgan fingerprint density at radius 1 is 1.03 bits per heavy atom. The average Bonchev–Trinajstić information content (AvgIpc) is 2.71. The molecular formula is C25H32N2O2. The first kappa shape index (κ1) is 21.1. The minimum absolute atomic E-state index is 0.0178. The van der Waals surface area contributed by atoms with Crippen molar-refractivity contribution in [3.63, 3.8) is 0 Å². The Labute approximate surface area is 174 Å². The van der Waals surface area contributed by atoms with Crippen molar-refractivity contribution >= 4 is 11.8 Å². The zero-order chi connectivity index (χ0) is 21.2. The van der Waals surface area contributed by atoms with Crippen molar-refractivity contribution in [2.45, 2.75) is 46.7 Å². The normalized spacial score (nSPS) is 22.7. The molecule has 0 N–H and O–H groups in total. The maximum atomic E-state index is 13.6. The van der Waals surface area contributed by atoms with Crippen LogP contribution < -0.4 is 0 Å². The van der Waals surface area contributed by atoms with Crippen LogP contribution in [-0.2, 0) is 11.2 Å². The van der Waals surface area contributed by atoms with E-state index in [9.17, 15) is 9.59 Å². The molecule has 1 heterocycles. The number of benzene rings is 2. The average molecular weight is 393 g/mol. The summed E-state index contributed by atoms with van der Waals surface area (Å²) in [5.74, 6) is 0.108. The first-order valence-electron chi connectivity index (χ1n) is 10.4. The van der Waals surface area contributed by atoms with Crippen LogP contribution in [0.15, 0.2) is 60.7 Å². The fourth-order valence-corrected chi connectivity index (χ4v) is 4.66. The first-order chi connectivity index (χ1) is 13.7. The Morgan fingerprint density at radius 2 is 1.59 bits per heavy atom. The second-order valence-electron chi connectivity index (χ2n) is 9.25. The summed E-state index contributed by atoms with van der Waals surface area (Å²) in [6.45, 7) is 8.74. The van der Waals surface area contributed by atoms with Gasteiger partial charge in [-0.3, -0.25) is 9.59 Å². The van der Waals surface area contributed by atoms with Crippen LogP contribution in [0.5, 0.6) is 0 Å². The van der Waals surface area contributed by atoms with Gasteiger partial charge in [0.25, 0.3) is 5.91 Å². The monoisotopic (exact) mass is 392 g/mol. The van der Waals surface area contributed by atoms with E-state index >= 15 is 0 Å². The second-order valence-corrected chi connectivity index (χ2v) is 9.25. The van der Waals surface area contributed by atoms with Crippen molar-refractivity contribution < 1.29 is 9.59 Å². The summed E-state index contributed by atoms with van der Waals surface area (Å²) < 4.78 is 0. The topological polar surface area (TPSA) is 40.6 Å². The molecule has 0 bridgehead atoms. The molecule has 29 heavy (non-hydrogen) atoms. The van der Waals surface area contributed by atoms with Gasteiger partial charge in [-0.2, -0.15) is 0 Å². The fraction of sp³-hybridized carbons (Fsp3) is 0.440. The van der Waals surface area contributed by atoms with Gasteiger partial charge < -0.3 is 9.80 Å². The van der Waals surface area contributed by atoms with Crippen LogP contribution in [0.2, 0.25) is 0 Å². The molecule has 1 aliphatic rings. The van der Waals surface area contributed by atoms with E-state index in [4.69, 9.17) is 0 Å². The predicted molar refractivity (Wildman–Crippen MR) is 116 cm³/mol. The van der Waals surface area contributed by atoms with Gasteiger partial charge in [0.1, 0.15) is 6.17 Å². The molecule has 1 aliphatic heterocycles. The van der Waals surface area contributed by atoms with Crippen LogP contribution in [0.25, 0.3) is 0 Å². The lowest BCUT2D eigenvalue weighted by Crippen LogP contribution is -2.68. The number of carbonyl (C=O) groups excluding carboxylic acids is 2. The molecule has 4 heteroatoms. The largest absolute Gasteiger partial charge is 0.324 e. The third-order valence-electron chi connectivity index (χ3n) is 6.03. The molecule has 2 amide bonds. The van der Waals surface area contributed by atoms with E-state index in [1.807, 2.05) is 60.5 Å². The van der Waals surface area contributed by atoms with E-state index in [0.717, 1.165) is 5.56 Å². The number of amides is 2. The van der Waals surface area contributed by atoms with Crippen molar-refractivity contribution in [2.75, 3.05) is 13.6 Å². The molecule has 0 spiro atoms. The number of rotatable bonds is 4. The summed E-state index contributed by atoms with van der Waals surface area (Å²) in [6, 6.07) is 19.5. The minimum atomic E-state index is -0.623. The van der Waals surface area contributed by atoms with Gasteiger partial charge in [0.2, 0.25) is 5.91 Å². The molecule has 1 saturated heterocycles. The number of nitrogens with zero attached hydrogens (tertiary/aromatic N) is 2. The van der Waals surface area contributed by atoms with E-state index < -0.39 is 5.41 Å². The number of hydrogen-bond donors (Lipinski definition) is 0. The highest BCUT2D eigenvalue weighted by molar-refractivity contribution is 5.96.